The Morgan fingerprint density at radius 2 is 2.13 bits per heavy atom. The van der Waals surface area contributed by atoms with Crippen molar-refractivity contribution in [2.24, 2.45) is 5.92 Å². The number of hydrogen-bond donors (Lipinski definition) is 2. The first kappa shape index (κ1) is 20.5. The summed E-state index contributed by atoms with van der Waals surface area (Å²) in [5.74, 6) is 0.464. The summed E-state index contributed by atoms with van der Waals surface area (Å²) in [5, 5.41) is 3.14. The Kier molecular flexibility index (Phi) is 5.44. The second-order valence-electron chi connectivity index (χ2n) is 9.53. The number of pyridine rings is 1. The average Bonchev–Trinajstić information content (AvgIpc) is 3.41. The van der Waals surface area contributed by atoms with E-state index in [-0.39, 0.29) is 22.6 Å². The van der Waals surface area contributed by atoms with Crippen molar-refractivity contribution >= 4 is 5.91 Å². The standard InChI is InChI=1S/C23H31N5O3/c1-31-14-23(6-2-3-7-23)26-21(29)19-4-5-20-17-8-16(11-28(20)22(19)30)10-27(12-17)13-18-9-24-15-25-18/h4-5,9,15-17H,2-3,6-8,10-14H2,1H3,(H,24,25)(H,26,29)/t16-,17+/m0/s1. The van der Waals surface area contributed by atoms with E-state index in [9.17, 15) is 9.59 Å². The highest BCUT2D eigenvalue weighted by Gasteiger charge is 2.38. The van der Waals surface area contributed by atoms with E-state index in [0.29, 0.717) is 25.0 Å². The number of aromatic amines is 1. The zero-order valence-electron chi connectivity index (χ0n) is 18.1. The Morgan fingerprint density at radius 3 is 2.87 bits per heavy atom. The number of ether oxygens (including phenoxy) is 1. The number of aromatic nitrogens is 3. The number of nitrogens with zero attached hydrogens (tertiary/aromatic N) is 3. The largest absolute Gasteiger partial charge is 0.382 e. The van der Waals surface area contributed by atoms with Gasteiger partial charge in [0.15, 0.2) is 0 Å². The van der Waals surface area contributed by atoms with Crippen LogP contribution in [0, 0.1) is 5.92 Å². The summed E-state index contributed by atoms with van der Waals surface area (Å²) < 4.78 is 7.24. The normalized spacial score (nSPS) is 24.7. The van der Waals surface area contributed by atoms with Crippen LogP contribution < -0.4 is 10.9 Å². The van der Waals surface area contributed by atoms with E-state index in [0.717, 1.165) is 63.1 Å². The number of fused-ring (bicyclic) bond motifs is 4. The maximum atomic E-state index is 13.3. The maximum absolute atomic E-state index is 13.3. The lowest BCUT2D eigenvalue weighted by atomic mass is 9.83. The topological polar surface area (TPSA) is 92.2 Å². The minimum absolute atomic E-state index is 0.155. The Labute approximate surface area is 182 Å². The van der Waals surface area contributed by atoms with Gasteiger partial charge in [-0.05, 0) is 37.3 Å². The number of likely N-dealkylation sites (tertiary alicyclic amines) is 1. The molecule has 1 saturated carbocycles. The molecule has 2 N–H and O–H groups in total. The van der Waals surface area contributed by atoms with Gasteiger partial charge in [0.2, 0.25) is 0 Å². The monoisotopic (exact) mass is 425 g/mol. The van der Waals surface area contributed by atoms with E-state index < -0.39 is 0 Å². The summed E-state index contributed by atoms with van der Waals surface area (Å²) in [4.78, 5) is 36.1. The number of nitrogens with one attached hydrogen (secondary N) is 2. The second kappa shape index (κ2) is 8.24. The fourth-order valence-electron chi connectivity index (χ4n) is 5.90. The minimum Gasteiger partial charge on any atom is -0.382 e. The Hall–Kier alpha value is -2.45. The van der Waals surface area contributed by atoms with Crippen LogP contribution >= 0.6 is 0 Å². The Balaban J connectivity index is 1.36. The van der Waals surface area contributed by atoms with Crippen LogP contribution in [0.4, 0.5) is 0 Å². The number of hydrogen-bond acceptors (Lipinski definition) is 5. The number of rotatable bonds is 6. The molecule has 2 atom stereocenters. The van der Waals surface area contributed by atoms with Gasteiger partial charge in [-0.3, -0.25) is 14.5 Å². The lowest BCUT2D eigenvalue weighted by Crippen LogP contribution is -2.52. The highest BCUT2D eigenvalue weighted by molar-refractivity contribution is 5.94. The van der Waals surface area contributed by atoms with Crippen molar-refractivity contribution in [1.82, 2.24) is 24.8 Å². The van der Waals surface area contributed by atoms with Crippen LogP contribution in [-0.2, 0) is 17.8 Å². The first-order chi connectivity index (χ1) is 15.1. The molecule has 1 aliphatic carbocycles. The third-order valence-corrected chi connectivity index (χ3v) is 7.23. The summed E-state index contributed by atoms with van der Waals surface area (Å²) in [5.41, 5.74) is 1.92. The lowest BCUT2D eigenvalue weighted by molar-refractivity contribution is 0.0763. The zero-order chi connectivity index (χ0) is 21.4. The Bertz CT molecular complexity index is 993. The van der Waals surface area contributed by atoms with Gasteiger partial charge in [-0.25, -0.2) is 4.98 Å². The minimum atomic E-state index is -0.345. The van der Waals surface area contributed by atoms with Gasteiger partial charge in [0, 0.05) is 56.8 Å². The zero-order valence-corrected chi connectivity index (χ0v) is 18.1. The van der Waals surface area contributed by atoms with Crippen LogP contribution in [0.1, 0.15) is 59.8 Å². The predicted molar refractivity (Wildman–Crippen MR) is 116 cm³/mol. The summed E-state index contributed by atoms with van der Waals surface area (Å²) >= 11 is 0. The molecule has 4 heterocycles. The van der Waals surface area contributed by atoms with E-state index >= 15 is 0 Å². The van der Waals surface area contributed by atoms with Crippen molar-refractivity contribution in [3.05, 3.63) is 52.0 Å². The molecule has 2 bridgehead atoms. The number of carbonyl (C=O) groups excluding carboxylic acids is 1. The predicted octanol–water partition coefficient (Wildman–Crippen LogP) is 1.88. The van der Waals surface area contributed by atoms with E-state index in [1.54, 1.807) is 19.5 Å². The highest BCUT2D eigenvalue weighted by atomic mass is 16.5. The molecule has 8 nitrogen and oxygen atoms in total. The summed E-state index contributed by atoms with van der Waals surface area (Å²) in [6.07, 6.45) is 8.63. The van der Waals surface area contributed by atoms with E-state index in [2.05, 4.69) is 20.2 Å². The van der Waals surface area contributed by atoms with Crippen LogP contribution in [0.25, 0.3) is 0 Å². The average molecular weight is 426 g/mol. The summed E-state index contributed by atoms with van der Waals surface area (Å²) in [7, 11) is 1.66. The molecule has 2 aliphatic heterocycles. The van der Waals surface area contributed by atoms with Crippen LogP contribution in [0.2, 0.25) is 0 Å². The van der Waals surface area contributed by atoms with Crippen LogP contribution in [0.5, 0.6) is 0 Å². The quantitative estimate of drug-likeness (QED) is 0.737. The molecule has 31 heavy (non-hydrogen) atoms. The van der Waals surface area contributed by atoms with Crippen molar-refractivity contribution in [1.29, 1.82) is 0 Å². The number of H-pyrrole nitrogens is 1. The third kappa shape index (κ3) is 3.94. The fourth-order valence-corrected chi connectivity index (χ4v) is 5.90. The van der Waals surface area contributed by atoms with Gasteiger partial charge < -0.3 is 19.6 Å². The smallest absolute Gasteiger partial charge is 0.263 e. The van der Waals surface area contributed by atoms with Gasteiger partial charge >= 0.3 is 0 Å². The van der Waals surface area contributed by atoms with Gasteiger partial charge in [0.25, 0.3) is 11.5 Å². The van der Waals surface area contributed by atoms with Crippen molar-refractivity contribution in [2.45, 2.75) is 56.7 Å². The first-order valence-corrected chi connectivity index (χ1v) is 11.3. The van der Waals surface area contributed by atoms with Crippen molar-refractivity contribution in [3.8, 4) is 0 Å². The molecule has 0 spiro atoms. The molecule has 0 radical (unpaired) electrons. The molecular weight excluding hydrogens is 394 g/mol. The molecule has 3 aliphatic rings. The molecule has 0 unspecified atom stereocenters. The lowest BCUT2D eigenvalue weighted by Gasteiger charge is -2.42. The van der Waals surface area contributed by atoms with Gasteiger partial charge in [0.1, 0.15) is 5.56 Å². The maximum Gasteiger partial charge on any atom is 0.263 e. The molecule has 2 aromatic heterocycles. The van der Waals surface area contributed by atoms with E-state index in [1.165, 1.54) is 0 Å². The van der Waals surface area contributed by atoms with Gasteiger partial charge in [-0.2, -0.15) is 0 Å². The molecular formula is C23H31N5O3. The van der Waals surface area contributed by atoms with Crippen LogP contribution in [-0.4, -0.2) is 57.7 Å². The molecule has 2 aromatic rings. The Morgan fingerprint density at radius 1 is 1.29 bits per heavy atom. The number of methoxy groups -OCH3 is 1. The molecule has 166 valence electrons. The van der Waals surface area contributed by atoms with Crippen molar-refractivity contribution in [2.75, 3.05) is 26.8 Å². The SMILES string of the molecule is COCC1(NC(=O)c2ccc3n(c2=O)C[C@H]2C[C@@H]3CN(Cc3cnc[nH]3)C2)CCCC1. The van der Waals surface area contributed by atoms with Gasteiger partial charge in [-0.15, -0.1) is 0 Å². The van der Waals surface area contributed by atoms with Gasteiger partial charge in [-0.1, -0.05) is 12.8 Å². The van der Waals surface area contributed by atoms with E-state index in [4.69, 9.17) is 4.74 Å². The van der Waals surface area contributed by atoms with Gasteiger partial charge in [0.05, 0.1) is 18.5 Å². The molecule has 1 saturated heterocycles. The van der Waals surface area contributed by atoms with E-state index in [1.807, 2.05) is 16.8 Å². The number of carbonyl (C=O) groups is 1. The molecule has 2 fully saturated rings. The van der Waals surface area contributed by atoms with Crippen molar-refractivity contribution in [3.63, 3.8) is 0 Å². The third-order valence-electron chi connectivity index (χ3n) is 7.23. The van der Waals surface area contributed by atoms with Crippen LogP contribution in [0.3, 0.4) is 0 Å². The molecule has 1 amide bonds. The molecule has 8 heteroatoms. The number of imidazole rings is 1. The summed E-state index contributed by atoms with van der Waals surface area (Å²) in [6.45, 7) is 3.88. The molecule has 0 aromatic carbocycles. The fraction of sp³-hybridized carbons (Fsp3) is 0.609. The number of piperidine rings is 1. The highest BCUT2D eigenvalue weighted by Crippen LogP contribution is 2.36. The number of amides is 1. The summed E-state index contributed by atoms with van der Waals surface area (Å²) in [6, 6.07) is 3.72. The second-order valence-corrected chi connectivity index (χ2v) is 9.53. The van der Waals surface area contributed by atoms with Crippen LogP contribution in [0.15, 0.2) is 29.5 Å². The van der Waals surface area contributed by atoms with Crippen molar-refractivity contribution < 1.29 is 9.53 Å². The first-order valence-electron chi connectivity index (χ1n) is 11.3. The molecule has 5 rings (SSSR count).